The van der Waals surface area contributed by atoms with Crippen LogP contribution in [-0.2, 0) is 0 Å². The number of aryl methyl sites for hydroxylation is 1. The minimum absolute atomic E-state index is 0.281. The Bertz CT molecular complexity index is 2640. The van der Waals surface area contributed by atoms with E-state index in [0.717, 1.165) is 61.8 Å². The Morgan fingerprint density at radius 1 is 0.607 bits per heavy atom. The van der Waals surface area contributed by atoms with Gasteiger partial charge in [0.2, 0.25) is 0 Å². The fourth-order valence-corrected chi connectivity index (χ4v) is 8.49. The third kappa shape index (κ3) is 6.40. The molecule has 270 valence electrons. The number of anilines is 1. The molecule has 4 aliphatic carbocycles. The fraction of sp³-hybridized carbons (Fsp3) is 0.0741. The van der Waals surface area contributed by atoms with E-state index in [1.165, 1.54) is 27.9 Å². The van der Waals surface area contributed by atoms with Crippen LogP contribution in [-0.4, -0.2) is 0 Å². The summed E-state index contributed by atoms with van der Waals surface area (Å²) in [6.45, 7) is 13.2. The largest absolute Gasteiger partial charge is 0.457 e. The van der Waals surface area contributed by atoms with E-state index in [4.69, 9.17) is 4.74 Å². The number of allylic oxidation sites excluding steroid dienone is 15. The molecule has 0 aliphatic heterocycles. The van der Waals surface area contributed by atoms with Crippen molar-refractivity contribution >= 4 is 28.4 Å². The van der Waals surface area contributed by atoms with Crippen LogP contribution in [0.5, 0.6) is 5.75 Å². The molecule has 0 radical (unpaired) electrons. The third-order valence-electron chi connectivity index (χ3n) is 11.3. The molecule has 0 fully saturated rings. The first-order valence-corrected chi connectivity index (χ1v) is 19.3. The van der Waals surface area contributed by atoms with Crippen LogP contribution in [0.2, 0.25) is 0 Å². The predicted molar refractivity (Wildman–Crippen MR) is 236 cm³/mol. The van der Waals surface area contributed by atoms with Gasteiger partial charge in [-0.15, -0.1) is 0 Å². The maximum atomic E-state index is 6.50. The Balaban J connectivity index is 1.15. The summed E-state index contributed by atoms with van der Waals surface area (Å²) < 4.78 is 6.50. The van der Waals surface area contributed by atoms with Crippen molar-refractivity contribution in [2.75, 3.05) is 4.90 Å². The highest BCUT2D eigenvalue weighted by Gasteiger charge is 2.39. The van der Waals surface area contributed by atoms with Crippen LogP contribution in [0.25, 0.3) is 33.9 Å². The second-order valence-electron chi connectivity index (χ2n) is 14.7. The second kappa shape index (κ2) is 14.7. The van der Waals surface area contributed by atoms with Gasteiger partial charge in [-0.3, -0.25) is 0 Å². The number of nitrogens with zero attached hydrogens (tertiary/aromatic N) is 1. The zero-order valence-corrected chi connectivity index (χ0v) is 31.8. The van der Waals surface area contributed by atoms with Gasteiger partial charge in [-0.25, -0.2) is 0 Å². The Kier molecular flexibility index (Phi) is 9.17. The zero-order valence-electron chi connectivity index (χ0n) is 31.8. The Labute approximate surface area is 330 Å². The van der Waals surface area contributed by atoms with Crippen LogP contribution >= 0.6 is 0 Å². The van der Waals surface area contributed by atoms with Crippen molar-refractivity contribution < 1.29 is 4.74 Å². The normalized spacial score (nSPS) is 17.8. The maximum Gasteiger partial charge on any atom is 0.130 e. The lowest BCUT2D eigenvalue weighted by molar-refractivity contribution is 0.512. The molecule has 0 N–H and O–H groups in total. The third-order valence-corrected chi connectivity index (χ3v) is 11.3. The summed E-state index contributed by atoms with van der Waals surface area (Å²) in [5.74, 6) is 2.03. The lowest BCUT2D eigenvalue weighted by atomic mass is 9.62. The molecule has 56 heavy (non-hydrogen) atoms. The molecule has 0 bridgehead atoms. The SMILES string of the molecule is C=C(Oc1ccccc1C)c1cc(C2=CC3=CC=CC4=CC=C5C=CC=C2C5C43)cc(-c2ccc(N(C(=C)c3ccccc3)/C(=C/C)c3ccccc3)cc2)c1. The van der Waals surface area contributed by atoms with Gasteiger partial charge in [-0.1, -0.05) is 165 Å². The van der Waals surface area contributed by atoms with E-state index in [9.17, 15) is 0 Å². The van der Waals surface area contributed by atoms with Gasteiger partial charge in [0.25, 0.3) is 0 Å². The van der Waals surface area contributed by atoms with Crippen LogP contribution in [0.3, 0.4) is 0 Å². The smallest absolute Gasteiger partial charge is 0.130 e. The number of para-hydroxylation sites is 1. The number of benzene rings is 5. The Morgan fingerprint density at radius 2 is 1.25 bits per heavy atom. The van der Waals surface area contributed by atoms with Crippen LogP contribution in [0.1, 0.15) is 34.7 Å². The topological polar surface area (TPSA) is 12.5 Å². The monoisotopic (exact) mass is 721 g/mol. The molecule has 2 heteroatoms. The summed E-state index contributed by atoms with van der Waals surface area (Å²) >= 11 is 0. The standard InChI is InChI=1S/C54H43NO/c1-5-51(41-19-10-7-11-20-41)55(37(3)39-17-8-6-9-18-39)48-30-28-40(29-31-48)46-32-45(38(4)56-52-25-13-12-16-36(52)2)33-47(34-46)50-35-44-23-14-21-42-26-27-43-22-15-24-49(50)54(43)53(42)44/h5-35,53-54H,3-4H2,1-2H3/b51-5+. The molecular formula is C54H43NO. The molecule has 0 saturated heterocycles. The van der Waals surface area contributed by atoms with Gasteiger partial charge in [-0.05, 0) is 111 Å². The Hall–Kier alpha value is -6.90. The van der Waals surface area contributed by atoms with E-state index >= 15 is 0 Å². The predicted octanol–water partition coefficient (Wildman–Crippen LogP) is 13.7. The molecule has 4 aliphatic rings. The number of ether oxygens (including phenoxy) is 1. The number of hydrogen-bond donors (Lipinski definition) is 0. The molecule has 9 rings (SSSR count). The molecule has 2 nitrogen and oxygen atoms in total. The van der Waals surface area contributed by atoms with Gasteiger partial charge >= 0.3 is 0 Å². The van der Waals surface area contributed by atoms with Gasteiger partial charge < -0.3 is 9.64 Å². The second-order valence-corrected chi connectivity index (χ2v) is 14.7. The molecule has 5 aromatic rings. The average Bonchev–Trinajstić information content (AvgIpc) is 3.25. The van der Waals surface area contributed by atoms with E-state index in [1.807, 2.05) is 24.3 Å². The molecule has 0 saturated carbocycles. The van der Waals surface area contributed by atoms with Crippen molar-refractivity contribution in [1.82, 2.24) is 0 Å². The van der Waals surface area contributed by atoms with E-state index in [1.54, 1.807) is 0 Å². The zero-order chi connectivity index (χ0) is 38.2. The fourth-order valence-electron chi connectivity index (χ4n) is 8.49. The molecule has 2 unspecified atom stereocenters. The summed E-state index contributed by atoms with van der Waals surface area (Å²) in [6, 6.07) is 44.6. The van der Waals surface area contributed by atoms with Crippen LogP contribution in [0.15, 0.2) is 224 Å². The molecule has 0 aromatic heterocycles. The maximum absolute atomic E-state index is 6.50. The van der Waals surface area contributed by atoms with E-state index in [2.05, 4.69) is 196 Å². The van der Waals surface area contributed by atoms with E-state index < -0.39 is 0 Å². The van der Waals surface area contributed by atoms with E-state index in [0.29, 0.717) is 11.7 Å². The first-order chi connectivity index (χ1) is 27.5. The minimum atomic E-state index is 0.281. The highest BCUT2D eigenvalue weighted by atomic mass is 16.5. The van der Waals surface area contributed by atoms with E-state index in [-0.39, 0.29) is 5.92 Å². The summed E-state index contributed by atoms with van der Waals surface area (Å²) in [7, 11) is 0. The van der Waals surface area contributed by atoms with Crippen molar-refractivity contribution in [2.24, 2.45) is 11.8 Å². The van der Waals surface area contributed by atoms with Crippen molar-refractivity contribution in [1.29, 1.82) is 0 Å². The van der Waals surface area contributed by atoms with Crippen LogP contribution < -0.4 is 9.64 Å². The van der Waals surface area contributed by atoms with Crippen molar-refractivity contribution in [3.63, 3.8) is 0 Å². The Morgan fingerprint density at radius 3 is 1.96 bits per heavy atom. The summed E-state index contributed by atoms with van der Waals surface area (Å²) in [5.41, 5.74) is 17.2. The highest BCUT2D eigenvalue weighted by molar-refractivity contribution is 5.95. The molecule has 5 aromatic carbocycles. The van der Waals surface area contributed by atoms with Crippen LogP contribution in [0, 0.1) is 18.8 Å². The van der Waals surface area contributed by atoms with Crippen molar-refractivity contribution in [3.8, 4) is 16.9 Å². The number of rotatable bonds is 10. The lowest BCUT2D eigenvalue weighted by Crippen LogP contribution is -2.29. The van der Waals surface area contributed by atoms with Crippen LogP contribution in [0.4, 0.5) is 5.69 Å². The summed E-state index contributed by atoms with van der Waals surface area (Å²) in [5, 5.41) is 0. The molecular weight excluding hydrogens is 679 g/mol. The van der Waals surface area contributed by atoms with Gasteiger partial charge in [0.15, 0.2) is 0 Å². The molecule has 0 amide bonds. The lowest BCUT2D eigenvalue weighted by Gasteiger charge is -2.41. The van der Waals surface area contributed by atoms with Gasteiger partial charge in [0.05, 0.1) is 0 Å². The van der Waals surface area contributed by atoms with Gasteiger partial charge in [-0.2, -0.15) is 0 Å². The number of hydrogen-bond acceptors (Lipinski definition) is 2. The first kappa shape index (κ1) is 34.8. The molecule has 2 atom stereocenters. The highest BCUT2D eigenvalue weighted by Crippen LogP contribution is 2.53. The molecule has 0 spiro atoms. The average molecular weight is 722 g/mol. The summed E-state index contributed by atoms with van der Waals surface area (Å²) in [4.78, 5) is 2.25. The quantitative estimate of drug-likeness (QED) is 0.133. The van der Waals surface area contributed by atoms with Gasteiger partial charge in [0, 0.05) is 34.5 Å². The minimum Gasteiger partial charge on any atom is -0.457 e. The first-order valence-electron chi connectivity index (χ1n) is 19.3. The molecule has 0 heterocycles. The van der Waals surface area contributed by atoms with Gasteiger partial charge in [0.1, 0.15) is 11.5 Å². The van der Waals surface area contributed by atoms with Crippen molar-refractivity contribution in [3.05, 3.63) is 251 Å². The van der Waals surface area contributed by atoms with Crippen molar-refractivity contribution in [2.45, 2.75) is 13.8 Å². The summed E-state index contributed by atoms with van der Waals surface area (Å²) in [6.07, 6.45) is 22.7.